The second-order valence-corrected chi connectivity index (χ2v) is 20.2. The molecule has 0 fully saturated rings. The Morgan fingerprint density at radius 2 is 1.20 bits per heavy atom. The minimum atomic E-state index is -2.33. The third kappa shape index (κ3) is 44.1. The van der Waals surface area contributed by atoms with Gasteiger partial charge in [0.15, 0.2) is 20.7 Å². The zero-order chi connectivity index (χ0) is 53.2. The molecule has 0 unspecified atom stereocenters. The Morgan fingerprint density at radius 1 is 0.814 bits per heavy atom. The van der Waals surface area contributed by atoms with Crippen LogP contribution in [0.15, 0.2) is 150 Å². The Labute approximate surface area is 415 Å². The maximum absolute atomic E-state index is 11.2. The number of nitrogens with one attached hydrogen (secondary N) is 5. The molecule has 4 aromatic carbocycles. The Balaban J connectivity index is 0. The summed E-state index contributed by atoms with van der Waals surface area (Å²) in [6.45, 7) is 15.6. The van der Waals surface area contributed by atoms with Gasteiger partial charge in [-0.25, -0.2) is 0 Å². The fourth-order valence-electron chi connectivity index (χ4n) is 4.32. The van der Waals surface area contributed by atoms with E-state index in [2.05, 4.69) is 58.7 Å². The second-order valence-electron chi connectivity index (χ2n) is 14.7. The van der Waals surface area contributed by atoms with Gasteiger partial charge in [-0.05, 0) is 56.3 Å². The summed E-state index contributed by atoms with van der Waals surface area (Å²) in [6.07, 6.45) is 7.77. The van der Waals surface area contributed by atoms with E-state index in [0.717, 1.165) is 35.5 Å². The van der Waals surface area contributed by atoms with Crippen LogP contribution in [-0.2, 0) is 43.1 Å². The topological polar surface area (TPSA) is 286 Å². The van der Waals surface area contributed by atoms with Gasteiger partial charge in [0, 0.05) is 57.6 Å². The molecule has 0 amide bonds. The molecule has 5 aromatic rings. The van der Waals surface area contributed by atoms with Gasteiger partial charge in [-0.1, -0.05) is 89.2 Å². The molecule has 20 nitrogen and oxygen atoms in total. The first-order valence-electron chi connectivity index (χ1n) is 21.3. The number of aromatic nitrogens is 3. The molecule has 374 valence electrons. The molecule has 0 aliphatic rings. The van der Waals surface area contributed by atoms with Crippen molar-refractivity contribution in [1.82, 2.24) is 25.4 Å². The maximum Gasteiger partial charge on any atom is 0.431 e. The number of nitrogens with zero attached hydrogens (tertiary/aromatic N) is 7. The van der Waals surface area contributed by atoms with Crippen molar-refractivity contribution >= 4 is 60.5 Å². The van der Waals surface area contributed by atoms with Crippen molar-refractivity contribution in [2.45, 2.75) is 47.5 Å². The Kier molecular flexibility index (Phi) is 38.0. The molecule has 1 aromatic heterocycles. The molecule has 0 radical (unpaired) electrons. The molecule has 0 bridgehead atoms. The smallest absolute Gasteiger partial charge is 0.431 e. The third-order valence-electron chi connectivity index (χ3n) is 6.95. The van der Waals surface area contributed by atoms with Crippen LogP contribution in [0, 0.1) is 24.6 Å². The van der Waals surface area contributed by atoms with E-state index in [-0.39, 0.29) is 0 Å². The molecule has 0 aliphatic heterocycles. The summed E-state index contributed by atoms with van der Waals surface area (Å²) in [5.41, 5.74) is 12.1. The van der Waals surface area contributed by atoms with Crippen LogP contribution in [0.4, 0.5) is 11.4 Å². The average molecular weight is 998 g/mol. The monoisotopic (exact) mass is 999 g/mol. The van der Waals surface area contributed by atoms with E-state index < -0.39 is 35.9 Å². The molecule has 26 heteroatoms. The molecule has 0 saturated heterocycles. The van der Waals surface area contributed by atoms with Gasteiger partial charge >= 0.3 is 109 Å². The van der Waals surface area contributed by atoms with E-state index in [9.17, 15) is 19.2 Å². The fraction of sp³-hybridized carbons (Fsp3) is 0.295. The number of guanidine groups is 1. The first-order chi connectivity index (χ1) is 33.1. The van der Waals surface area contributed by atoms with Crippen LogP contribution < -0.4 is 21.1 Å². The van der Waals surface area contributed by atoms with Crippen molar-refractivity contribution in [3.8, 4) is 12.3 Å². The number of azide groups is 1. The number of terminal acetylenes is 1. The van der Waals surface area contributed by atoms with Crippen LogP contribution in [0.1, 0.15) is 23.7 Å². The maximum atomic E-state index is 11.2. The van der Waals surface area contributed by atoms with E-state index >= 15 is 0 Å². The molecular weight excluding hydrogens is 930 g/mol. The predicted molar refractivity (Wildman–Crippen MR) is 290 cm³/mol. The molecule has 0 saturated carbocycles. The molecule has 0 spiro atoms. The average Bonchev–Trinajstić information content (AvgIpc) is 3.70. The van der Waals surface area contributed by atoms with Crippen LogP contribution in [0.25, 0.3) is 10.4 Å². The van der Waals surface area contributed by atoms with Gasteiger partial charge in [0.25, 0.3) is 0 Å². The van der Waals surface area contributed by atoms with E-state index in [1.54, 1.807) is 51.9 Å². The van der Waals surface area contributed by atoms with Gasteiger partial charge in [0.2, 0.25) is 0 Å². The molecule has 0 atom stereocenters. The van der Waals surface area contributed by atoms with Crippen LogP contribution >= 0.6 is 14.7 Å². The number of para-hydroxylation sites is 2. The van der Waals surface area contributed by atoms with Gasteiger partial charge in [-0.3, -0.25) is 18.7 Å². The summed E-state index contributed by atoms with van der Waals surface area (Å²) in [5.74, 6) is 3.06. The Morgan fingerprint density at radius 3 is 1.49 bits per heavy atom. The largest absolute Gasteiger partial charge is 0.433 e. The van der Waals surface area contributed by atoms with E-state index in [0.29, 0.717) is 25.0 Å². The first-order valence-corrected chi connectivity index (χ1v) is 26.4. The number of hydrogen-bond donors (Lipinski definition) is 8. The van der Waals surface area contributed by atoms with Crippen molar-refractivity contribution in [2.24, 2.45) is 17.1 Å². The zero-order valence-corrected chi connectivity index (χ0v) is 43.7. The van der Waals surface area contributed by atoms with Crippen LogP contribution in [0.2, 0.25) is 20.5 Å². The summed E-state index contributed by atoms with van der Waals surface area (Å²) in [7, 11) is -2.91. The Hall–Kier alpha value is -6.38. The summed E-state index contributed by atoms with van der Waals surface area (Å²) in [4.78, 5) is 6.26. The minimum Gasteiger partial charge on any atom is -0.433 e. The summed E-state index contributed by atoms with van der Waals surface area (Å²) in [5, 5.41) is 56.0. The third-order valence-corrected chi connectivity index (χ3v) is 8.45. The standard InChI is InChI=1S/C9H15B2N3O2.C9H13B2N3O2.2C9H13O2P.C4H7N3.C3H4.CH3N3/c1-10(15)13-9(14-11(2)16)12-8-6-4-3-5-7-8;1-11(15)14-9(7-16-10-12)13-8-5-3-2-4-6-8;2*1-12(2,10)11-8-9-6-4-3-5-7-9;1-4-3-7(2)6-5-4;1-3-2;1-3-4-2/h3-7,15-16H,1-2H3,(H2,12,13,14);2-7,12-15H,1H3;2*3-7H,8H2,1-2H3;3H,1-2H3;1H,2H3;1H3/b;9-7-;;;;;. The van der Waals surface area contributed by atoms with Gasteiger partial charge in [-0.15, -0.1) is 17.4 Å². The van der Waals surface area contributed by atoms with Gasteiger partial charge < -0.3 is 29.6 Å². The van der Waals surface area contributed by atoms with Crippen LogP contribution in [-0.4, -0.2) is 98.2 Å². The van der Waals surface area contributed by atoms with Gasteiger partial charge in [0.05, 0.1) is 18.9 Å². The summed E-state index contributed by atoms with van der Waals surface area (Å²) < 4.78 is 39.1. The number of aryl methyl sites for hydroxylation is 2. The quantitative estimate of drug-likeness (QED) is 0.00562. The summed E-state index contributed by atoms with van der Waals surface area (Å²) in [6, 6.07) is 38.3. The molecule has 1 heterocycles. The number of anilines is 2. The van der Waals surface area contributed by atoms with Crippen LogP contribution in [0.5, 0.6) is 0 Å². The second kappa shape index (κ2) is 40.5. The van der Waals surface area contributed by atoms with Crippen LogP contribution in [0.3, 0.4) is 0 Å². The molecule has 5 rings (SSSR count). The van der Waals surface area contributed by atoms with Crippen molar-refractivity contribution in [3.05, 3.63) is 167 Å². The van der Waals surface area contributed by atoms with Crippen molar-refractivity contribution in [3.63, 3.8) is 0 Å². The number of rotatable bonds is 15. The fourth-order valence-corrected chi connectivity index (χ4v) is 5.24. The molecule has 0 aliphatic carbocycles. The minimum absolute atomic E-state index is 0.330. The number of benzene rings is 4. The molecular formula is C44H68B4N12O8P2. The first kappa shape index (κ1) is 65.7. The van der Waals surface area contributed by atoms with Gasteiger partial charge in [-0.2, -0.15) is 0 Å². The predicted octanol–water partition coefficient (Wildman–Crippen LogP) is 8.43. The Bertz CT molecular complexity index is 2270. The number of hydrogen-bond acceptors (Lipinski definition) is 15. The van der Waals surface area contributed by atoms with Crippen molar-refractivity contribution < 1.29 is 37.9 Å². The van der Waals surface area contributed by atoms with E-state index in [1.165, 1.54) is 20.1 Å². The normalized spacial score (nSPS) is 10.1. The zero-order valence-electron chi connectivity index (χ0n) is 41.9. The SMILES string of the molecule is C#CC.CB(O)N/C(=C\OB=N)Nc1ccccc1.CB(O)N=C(NB(C)O)Nc1ccccc1.CN=[N+]=[N-].CP(C)(=O)OCc1ccccc1.CP(C)(=O)OCc1ccccc1.Cc1cn(C)nn1. The van der Waals surface area contributed by atoms with Crippen molar-refractivity contribution in [2.75, 3.05) is 44.3 Å². The van der Waals surface area contributed by atoms with Gasteiger partial charge in [0.1, 0.15) is 0 Å². The van der Waals surface area contributed by atoms with E-state index in [1.807, 2.05) is 141 Å². The summed E-state index contributed by atoms with van der Waals surface area (Å²) >= 11 is 0. The molecule has 70 heavy (non-hydrogen) atoms. The van der Waals surface area contributed by atoms with E-state index in [4.69, 9.17) is 29.6 Å². The molecule has 8 N–H and O–H groups in total. The van der Waals surface area contributed by atoms with Crippen molar-refractivity contribution in [1.29, 1.82) is 5.31 Å².